The molecule has 0 amide bonds. The van der Waals surface area contributed by atoms with Crippen LogP contribution in [-0.4, -0.2) is 69.6 Å². The fourth-order valence-electron chi connectivity index (χ4n) is 4.17. The molecule has 2 aliphatic heterocycles. The molecule has 156 valence electrons. The summed E-state index contributed by atoms with van der Waals surface area (Å²) in [5.74, 6) is 0.568. The van der Waals surface area contributed by atoms with Gasteiger partial charge >= 0.3 is 0 Å². The van der Waals surface area contributed by atoms with Gasteiger partial charge in [-0.05, 0) is 49.7 Å². The zero-order valence-electron chi connectivity index (χ0n) is 17.5. The average Bonchev–Trinajstić information content (AvgIpc) is 3.21. The SMILES string of the molecule is Cc1cc(Nc2ncn(-c3cccnc3)n2)cc(N2CCN(C3(C)COC3)CC2)c1. The number of aryl methyl sites for hydroxylation is 1. The van der Waals surface area contributed by atoms with Crippen LogP contribution in [0.25, 0.3) is 5.69 Å². The number of ether oxygens (including phenoxy) is 1. The van der Waals surface area contributed by atoms with Crippen molar-refractivity contribution in [3.63, 3.8) is 0 Å². The molecule has 8 nitrogen and oxygen atoms in total. The van der Waals surface area contributed by atoms with Crippen molar-refractivity contribution < 1.29 is 4.74 Å². The lowest BCUT2D eigenvalue weighted by Crippen LogP contribution is -2.64. The van der Waals surface area contributed by atoms with E-state index in [0.717, 1.165) is 50.8 Å². The van der Waals surface area contributed by atoms with E-state index in [4.69, 9.17) is 4.74 Å². The number of aromatic nitrogens is 4. The third-order valence-electron chi connectivity index (χ3n) is 5.95. The van der Waals surface area contributed by atoms with Gasteiger partial charge in [-0.25, -0.2) is 4.68 Å². The molecule has 0 bridgehead atoms. The molecule has 2 saturated heterocycles. The van der Waals surface area contributed by atoms with E-state index in [1.165, 1.54) is 11.3 Å². The van der Waals surface area contributed by atoms with Gasteiger partial charge in [-0.3, -0.25) is 9.88 Å². The Morgan fingerprint density at radius 2 is 1.90 bits per heavy atom. The monoisotopic (exact) mass is 405 g/mol. The summed E-state index contributed by atoms with van der Waals surface area (Å²) in [6.07, 6.45) is 5.20. The Balaban J connectivity index is 1.28. The van der Waals surface area contributed by atoms with E-state index in [2.05, 4.69) is 62.2 Å². The summed E-state index contributed by atoms with van der Waals surface area (Å²) in [4.78, 5) is 13.6. The van der Waals surface area contributed by atoms with Gasteiger partial charge in [0, 0.05) is 43.8 Å². The van der Waals surface area contributed by atoms with Crippen LogP contribution in [0, 0.1) is 6.92 Å². The summed E-state index contributed by atoms with van der Waals surface area (Å²) < 4.78 is 7.16. The van der Waals surface area contributed by atoms with E-state index in [1.54, 1.807) is 23.4 Å². The number of anilines is 3. The molecule has 0 radical (unpaired) electrons. The van der Waals surface area contributed by atoms with E-state index in [0.29, 0.717) is 5.95 Å². The Kier molecular flexibility index (Phi) is 4.88. The maximum Gasteiger partial charge on any atom is 0.246 e. The minimum Gasteiger partial charge on any atom is -0.377 e. The lowest BCUT2D eigenvalue weighted by molar-refractivity contribution is -0.131. The van der Waals surface area contributed by atoms with E-state index in [9.17, 15) is 0 Å². The van der Waals surface area contributed by atoms with Crippen LogP contribution in [0.1, 0.15) is 12.5 Å². The summed E-state index contributed by atoms with van der Waals surface area (Å²) in [6.45, 7) is 10.3. The number of hydrogen-bond acceptors (Lipinski definition) is 7. The molecule has 1 N–H and O–H groups in total. The Morgan fingerprint density at radius 3 is 2.60 bits per heavy atom. The van der Waals surface area contributed by atoms with Crippen molar-refractivity contribution in [2.45, 2.75) is 19.4 Å². The van der Waals surface area contributed by atoms with Crippen molar-refractivity contribution in [3.05, 3.63) is 54.6 Å². The van der Waals surface area contributed by atoms with E-state index in [1.807, 2.05) is 12.1 Å². The Morgan fingerprint density at radius 1 is 1.07 bits per heavy atom. The maximum absolute atomic E-state index is 5.44. The van der Waals surface area contributed by atoms with Crippen LogP contribution in [0.4, 0.5) is 17.3 Å². The molecular formula is C22H27N7O. The molecule has 3 aromatic rings. The van der Waals surface area contributed by atoms with Gasteiger partial charge in [0.2, 0.25) is 5.95 Å². The number of pyridine rings is 1. The van der Waals surface area contributed by atoms with Gasteiger partial charge in [0.15, 0.2) is 0 Å². The highest BCUT2D eigenvalue weighted by Crippen LogP contribution is 2.29. The first-order chi connectivity index (χ1) is 14.6. The third kappa shape index (κ3) is 3.76. The van der Waals surface area contributed by atoms with Gasteiger partial charge in [-0.2, -0.15) is 4.98 Å². The standard InChI is InChI=1S/C22H27N7O/c1-17-10-18(25-21-24-16-29(26-21)19-4-3-5-23-13-19)12-20(11-17)27-6-8-28(9-7-27)22(2)14-30-15-22/h3-5,10-13,16H,6-9,14-15H2,1-2H3,(H,25,26). The second-order valence-electron chi connectivity index (χ2n) is 8.37. The Hall–Kier alpha value is -2.97. The van der Waals surface area contributed by atoms with Crippen LogP contribution in [0.5, 0.6) is 0 Å². The zero-order chi connectivity index (χ0) is 20.6. The average molecular weight is 406 g/mol. The predicted octanol–water partition coefficient (Wildman–Crippen LogP) is 2.63. The summed E-state index contributed by atoms with van der Waals surface area (Å²) in [5.41, 5.74) is 4.55. The largest absolute Gasteiger partial charge is 0.377 e. The summed E-state index contributed by atoms with van der Waals surface area (Å²) in [7, 11) is 0. The molecule has 8 heteroatoms. The number of nitrogens with one attached hydrogen (secondary N) is 1. The van der Waals surface area contributed by atoms with Crippen molar-refractivity contribution in [2.24, 2.45) is 0 Å². The molecule has 0 saturated carbocycles. The van der Waals surface area contributed by atoms with Crippen molar-refractivity contribution in [3.8, 4) is 5.69 Å². The first-order valence-electron chi connectivity index (χ1n) is 10.4. The van der Waals surface area contributed by atoms with Crippen molar-refractivity contribution in [2.75, 3.05) is 49.6 Å². The predicted molar refractivity (Wildman–Crippen MR) is 117 cm³/mol. The van der Waals surface area contributed by atoms with Gasteiger partial charge in [0.05, 0.1) is 30.6 Å². The second kappa shape index (κ2) is 7.70. The lowest BCUT2D eigenvalue weighted by atomic mass is 9.97. The van der Waals surface area contributed by atoms with Crippen LogP contribution in [0.3, 0.4) is 0 Å². The van der Waals surface area contributed by atoms with Crippen molar-refractivity contribution in [1.82, 2.24) is 24.6 Å². The molecule has 2 fully saturated rings. The molecule has 0 aliphatic carbocycles. The van der Waals surface area contributed by atoms with Gasteiger partial charge in [0.25, 0.3) is 0 Å². The van der Waals surface area contributed by atoms with Crippen LogP contribution < -0.4 is 10.2 Å². The number of benzene rings is 1. The topological polar surface area (TPSA) is 71.3 Å². The van der Waals surface area contributed by atoms with E-state index >= 15 is 0 Å². The zero-order valence-corrected chi connectivity index (χ0v) is 17.5. The van der Waals surface area contributed by atoms with Gasteiger partial charge < -0.3 is 15.0 Å². The van der Waals surface area contributed by atoms with Crippen LogP contribution in [0.2, 0.25) is 0 Å². The summed E-state index contributed by atoms with van der Waals surface area (Å²) in [6, 6.07) is 10.4. The first-order valence-corrected chi connectivity index (χ1v) is 10.4. The minimum absolute atomic E-state index is 0.226. The minimum atomic E-state index is 0.226. The molecule has 0 atom stereocenters. The number of hydrogen-bond donors (Lipinski definition) is 1. The molecular weight excluding hydrogens is 378 g/mol. The number of rotatable bonds is 5. The van der Waals surface area contributed by atoms with Crippen molar-refractivity contribution in [1.29, 1.82) is 0 Å². The Bertz CT molecular complexity index is 1010. The lowest BCUT2D eigenvalue weighted by Gasteiger charge is -2.50. The molecule has 0 spiro atoms. The van der Waals surface area contributed by atoms with Gasteiger partial charge in [0.1, 0.15) is 6.33 Å². The van der Waals surface area contributed by atoms with Crippen molar-refractivity contribution >= 4 is 17.3 Å². The quantitative estimate of drug-likeness (QED) is 0.700. The highest BCUT2D eigenvalue weighted by atomic mass is 16.5. The molecule has 2 aromatic heterocycles. The Labute approximate surface area is 176 Å². The normalized spacial score (nSPS) is 18.8. The maximum atomic E-state index is 5.44. The number of nitrogens with zero attached hydrogens (tertiary/aromatic N) is 6. The molecule has 4 heterocycles. The smallest absolute Gasteiger partial charge is 0.246 e. The molecule has 1 aromatic carbocycles. The summed E-state index contributed by atoms with van der Waals surface area (Å²) >= 11 is 0. The first kappa shape index (κ1) is 19.0. The summed E-state index contributed by atoms with van der Waals surface area (Å²) in [5, 5.41) is 7.87. The van der Waals surface area contributed by atoms with Gasteiger partial charge in [-0.1, -0.05) is 0 Å². The second-order valence-corrected chi connectivity index (χ2v) is 8.37. The highest BCUT2D eigenvalue weighted by molar-refractivity contribution is 5.64. The number of piperazine rings is 1. The molecule has 2 aliphatic rings. The molecule has 5 rings (SSSR count). The third-order valence-corrected chi connectivity index (χ3v) is 5.95. The van der Waals surface area contributed by atoms with Gasteiger partial charge in [-0.15, -0.1) is 5.10 Å². The van der Waals surface area contributed by atoms with Crippen LogP contribution in [-0.2, 0) is 4.74 Å². The van der Waals surface area contributed by atoms with Crippen LogP contribution >= 0.6 is 0 Å². The fraction of sp³-hybridized carbons (Fsp3) is 0.409. The molecule has 30 heavy (non-hydrogen) atoms. The highest BCUT2D eigenvalue weighted by Gasteiger charge is 2.40. The van der Waals surface area contributed by atoms with Crippen LogP contribution in [0.15, 0.2) is 49.1 Å². The van der Waals surface area contributed by atoms with E-state index in [-0.39, 0.29) is 5.54 Å². The molecule has 0 unspecified atom stereocenters. The fourth-order valence-corrected chi connectivity index (χ4v) is 4.17. The van der Waals surface area contributed by atoms with E-state index < -0.39 is 0 Å².